The fourth-order valence-corrected chi connectivity index (χ4v) is 6.47. The van der Waals surface area contributed by atoms with Crippen molar-refractivity contribution in [2.45, 2.75) is 71.7 Å². The Balaban J connectivity index is 1.28. The number of carbonyl (C=O) groups excluding carboxylic acids is 3. The number of anilines is 1. The number of β-amino-alcohol motifs (C(OH)–C–C–N with tert-alkyl or cyclic N) is 1. The number of amides is 3. The summed E-state index contributed by atoms with van der Waals surface area (Å²) in [6.07, 6.45) is 0.216. The van der Waals surface area contributed by atoms with Gasteiger partial charge in [0.1, 0.15) is 12.1 Å². The van der Waals surface area contributed by atoms with Crippen molar-refractivity contribution in [2.75, 3.05) is 18.4 Å². The summed E-state index contributed by atoms with van der Waals surface area (Å²) in [7, 11) is 0. The smallest absolute Gasteiger partial charge is 0.252 e. The minimum absolute atomic E-state index is 0.0272. The first-order chi connectivity index (χ1) is 19.9. The van der Waals surface area contributed by atoms with Gasteiger partial charge >= 0.3 is 0 Å². The number of nitrogens with zero attached hydrogens (tertiary/aromatic N) is 2. The van der Waals surface area contributed by atoms with Crippen LogP contribution in [-0.4, -0.2) is 64.0 Å². The second-order valence-electron chi connectivity index (χ2n) is 12.3. The van der Waals surface area contributed by atoms with Crippen LogP contribution in [0.25, 0.3) is 10.4 Å². The van der Waals surface area contributed by atoms with Crippen molar-refractivity contribution in [2.24, 2.45) is 5.41 Å². The first kappa shape index (κ1) is 29.7. The third kappa shape index (κ3) is 6.19. The highest BCUT2D eigenvalue weighted by Gasteiger charge is 2.44. The number of fused-ring (bicyclic) bond motifs is 1. The van der Waals surface area contributed by atoms with E-state index in [-0.39, 0.29) is 36.7 Å². The molecule has 42 heavy (non-hydrogen) atoms. The minimum Gasteiger partial charge on any atom is -0.391 e. The molecule has 1 saturated heterocycles. The van der Waals surface area contributed by atoms with Gasteiger partial charge in [-0.3, -0.25) is 14.4 Å². The molecule has 2 aliphatic rings. The number of hydrogen-bond donors (Lipinski definition) is 4. The van der Waals surface area contributed by atoms with Gasteiger partial charge in [0, 0.05) is 30.8 Å². The standard InChI is InChI=1S/C32H39N5O4S/c1-18(20-6-9-22(10-7-20)27-19(2)34-17-42-27)35-30(40)26-15-24(38)16-37(26)31(41)28(32(3,4)5)36-29(39)23-11-8-21-12-13-33-25(21)14-23/h6-11,14,17-18,24,26,28,33,38H,12-13,15-16H2,1-5H3,(H,35,40)(H,36,39)/t18-,24+,26-,28+/m0/s1. The molecule has 5 rings (SSSR count). The van der Waals surface area contributed by atoms with Gasteiger partial charge in [-0.25, -0.2) is 4.98 Å². The van der Waals surface area contributed by atoms with Crippen LogP contribution in [0.5, 0.6) is 0 Å². The van der Waals surface area contributed by atoms with Crippen LogP contribution in [0.3, 0.4) is 0 Å². The summed E-state index contributed by atoms with van der Waals surface area (Å²) >= 11 is 1.59. The highest BCUT2D eigenvalue weighted by atomic mass is 32.1. The predicted molar refractivity (Wildman–Crippen MR) is 164 cm³/mol. The number of thiazole rings is 1. The van der Waals surface area contributed by atoms with Crippen LogP contribution < -0.4 is 16.0 Å². The van der Waals surface area contributed by atoms with Crippen LogP contribution in [0, 0.1) is 12.3 Å². The second kappa shape index (κ2) is 11.9. The van der Waals surface area contributed by atoms with Gasteiger partial charge in [-0.05, 0) is 54.5 Å². The van der Waals surface area contributed by atoms with E-state index in [9.17, 15) is 19.5 Å². The monoisotopic (exact) mass is 589 g/mol. The van der Waals surface area contributed by atoms with E-state index in [2.05, 4.69) is 20.9 Å². The van der Waals surface area contributed by atoms with Crippen LogP contribution in [-0.2, 0) is 16.0 Å². The molecular weight excluding hydrogens is 550 g/mol. The number of rotatable bonds is 7. The fourth-order valence-electron chi connectivity index (χ4n) is 5.66. The number of likely N-dealkylation sites (tertiary alicyclic amines) is 1. The van der Waals surface area contributed by atoms with E-state index in [1.807, 2.05) is 76.5 Å². The molecule has 0 spiro atoms. The van der Waals surface area contributed by atoms with E-state index in [4.69, 9.17) is 0 Å². The number of aliphatic hydroxyl groups is 1. The first-order valence-electron chi connectivity index (χ1n) is 14.4. The maximum absolute atomic E-state index is 13.9. The van der Waals surface area contributed by atoms with E-state index in [0.29, 0.717) is 5.56 Å². The van der Waals surface area contributed by atoms with E-state index in [1.54, 1.807) is 17.4 Å². The van der Waals surface area contributed by atoms with Gasteiger partial charge in [0.15, 0.2) is 0 Å². The van der Waals surface area contributed by atoms with Gasteiger partial charge in [-0.2, -0.15) is 0 Å². The van der Waals surface area contributed by atoms with Crippen LogP contribution in [0.15, 0.2) is 48.0 Å². The van der Waals surface area contributed by atoms with Crippen molar-refractivity contribution in [1.29, 1.82) is 0 Å². The Morgan fingerprint density at radius 1 is 1.12 bits per heavy atom. The molecule has 0 radical (unpaired) electrons. The quantitative estimate of drug-likeness (QED) is 0.330. The SMILES string of the molecule is Cc1ncsc1-c1ccc([C@H](C)NC(=O)[C@@H]2C[C@@H](O)CN2C(=O)[C@@H](NC(=O)c2ccc3c(c2)NCC3)C(C)(C)C)cc1. The summed E-state index contributed by atoms with van der Waals surface area (Å²) in [6.45, 7) is 10.4. The van der Waals surface area contributed by atoms with Crippen molar-refractivity contribution in [1.82, 2.24) is 20.5 Å². The van der Waals surface area contributed by atoms with Crippen molar-refractivity contribution < 1.29 is 19.5 Å². The van der Waals surface area contributed by atoms with Crippen molar-refractivity contribution in [3.8, 4) is 10.4 Å². The van der Waals surface area contributed by atoms with Gasteiger partial charge in [0.05, 0.1) is 28.2 Å². The Kier molecular flexibility index (Phi) is 8.39. The summed E-state index contributed by atoms with van der Waals surface area (Å²) in [5.74, 6) is -1.08. The van der Waals surface area contributed by atoms with Crippen LogP contribution in [0.1, 0.15) is 67.3 Å². The predicted octanol–water partition coefficient (Wildman–Crippen LogP) is 4.07. The number of aromatic nitrogens is 1. The lowest BCUT2D eigenvalue weighted by Gasteiger charge is -2.35. The van der Waals surface area contributed by atoms with Gasteiger partial charge in [-0.15, -0.1) is 11.3 Å². The third-order valence-electron chi connectivity index (χ3n) is 8.11. The maximum Gasteiger partial charge on any atom is 0.252 e. The zero-order valence-electron chi connectivity index (χ0n) is 24.7. The molecule has 2 aliphatic heterocycles. The Morgan fingerprint density at radius 3 is 2.52 bits per heavy atom. The molecule has 4 atom stereocenters. The van der Waals surface area contributed by atoms with Crippen LogP contribution >= 0.6 is 11.3 Å². The van der Waals surface area contributed by atoms with E-state index in [0.717, 1.165) is 45.9 Å². The third-order valence-corrected chi connectivity index (χ3v) is 9.09. The summed E-state index contributed by atoms with van der Waals surface area (Å²) < 4.78 is 0. The Hall–Kier alpha value is -3.76. The number of aryl methyl sites for hydroxylation is 1. The molecule has 3 aromatic rings. The largest absolute Gasteiger partial charge is 0.391 e. The summed E-state index contributed by atoms with van der Waals surface area (Å²) in [4.78, 5) is 47.6. The van der Waals surface area contributed by atoms with E-state index in [1.165, 1.54) is 4.90 Å². The molecule has 9 nitrogen and oxygen atoms in total. The normalized spacial score (nSPS) is 19.5. The lowest BCUT2D eigenvalue weighted by molar-refractivity contribution is -0.142. The van der Waals surface area contributed by atoms with Gasteiger partial charge in [0.2, 0.25) is 11.8 Å². The number of nitrogens with one attached hydrogen (secondary N) is 3. The zero-order chi connectivity index (χ0) is 30.2. The molecule has 0 aliphatic carbocycles. The molecular formula is C32H39N5O4S. The topological polar surface area (TPSA) is 124 Å². The molecule has 4 N–H and O–H groups in total. The van der Waals surface area contributed by atoms with Gasteiger partial charge < -0.3 is 26.0 Å². The molecule has 0 saturated carbocycles. The molecule has 3 heterocycles. The van der Waals surface area contributed by atoms with Crippen LogP contribution in [0.2, 0.25) is 0 Å². The number of hydrogen-bond acceptors (Lipinski definition) is 7. The summed E-state index contributed by atoms with van der Waals surface area (Å²) in [5.41, 5.74) is 6.72. The van der Waals surface area contributed by atoms with Crippen molar-refractivity contribution in [3.05, 3.63) is 70.4 Å². The highest BCUT2D eigenvalue weighted by Crippen LogP contribution is 2.30. The molecule has 2 aromatic carbocycles. The second-order valence-corrected chi connectivity index (χ2v) is 13.2. The first-order valence-corrected chi connectivity index (χ1v) is 15.3. The number of benzene rings is 2. The molecule has 10 heteroatoms. The molecule has 3 amide bonds. The Bertz CT molecular complexity index is 1480. The Labute approximate surface area is 250 Å². The average molecular weight is 590 g/mol. The zero-order valence-corrected chi connectivity index (χ0v) is 25.5. The van der Waals surface area contributed by atoms with Crippen LogP contribution in [0.4, 0.5) is 5.69 Å². The van der Waals surface area contributed by atoms with Crippen molar-refractivity contribution in [3.63, 3.8) is 0 Å². The fraction of sp³-hybridized carbons (Fsp3) is 0.438. The number of carbonyl (C=O) groups is 3. The molecule has 1 aromatic heterocycles. The van der Waals surface area contributed by atoms with Gasteiger partial charge in [0.25, 0.3) is 5.91 Å². The lowest BCUT2D eigenvalue weighted by Crippen LogP contribution is -2.57. The number of aliphatic hydroxyl groups excluding tert-OH is 1. The summed E-state index contributed by atoms with van der Waals surface area (Å²) in [6, 6.07) is 11.4. The van der Waals surface area contributed by atoms with E-state index >= 15 is 0 Å². The van der Waals surface area contributed by atoms with E-state index < -0.39 is 23.6 Å². The Morgan fingerprint density at radius 2 is 1.86 bits per heavy atom. The molecule has 1 fully saturated rings. The summed E-state index contributed by atoms with van der Waals surface area (Å²) in [5, 5.41) is 19.8. The van der Waals surface area contributed by atoms with Crippen molar-refractivity contribution >= 4 is 34.7 Å². The maximum atomic E-state index is 13.9. The minimum atomic E-state index is -0.896. The lowest BCUT2D eigenvalue weighted by atomic mass is 9.85. The molecule has 222 valence electrons. The molecule has 0 bridgehead atoms. The molecule has 0 unspecified atom stereocenters. The average Bonchev–Trinajstić information content (AvgIpc) is 3.69. The van der Waals surface area contributed by atoms with Gasteiger partial charge in [-0.1, -0.05) is 51.1 Å². The highest BCUT2D eigenvalue weighted by molar-refractivity contribution is 7.13.